The molecule has 38 heavy (non-hydrogen) atoms. The molecule has 0 heterocycles. The molecule has 0 saturated heterocycles. The van der Waals surface area contributed by atoms with E-state index in [-0.39, 0.29) is 0 Å². The number of anilines is 4. The first-order chi connectivity index (χ1) is 18.3. The van der Waals surface area contributed by atoms with Crippen molar-refractivity contribution in [2.75, 3.05) is 22.9 Å². The SMILES string of the molecule is CC(c1ccc(N)cc1)c1ccc(N)cc1.CCCC(CCC)C(c1ccc(N)cc1)c1ccc(N)cc1. The predicted molar refractivity (Wildman–Crippen MR) is 166 cm³/mol. The summed E-state index contributed by atoms with van der Waals surface area (Å²) in [7, 11) is 0. The standard InChI is InChI=1S/C20H28N2.C14H16N2/c1-3-5-15(6-4-2)20(16-7-11-18(21)12-8-16)17-9-13-19(22)14-10-17;1-10(11-2-6-13(15)7-3-11)12-4-8-14(16)9-5-12/h7-15,20H,3-6,21-22H2,1-2H3;2-10H,15-16H2,1H3. The molecular formula is C34H44N4. The molecule has 4 nitrogen and oxygen atoms in total. The molecule has 0 aromatic heterocycles. The van der Waals surface area contributed by atoms with Crippen molar-refractivity contribution >= 4 is 22.7 Å². The Morgan fingerprint density at radius 2 is 0.711 bits per heavy atom. The van der Waals surface area contributed by atoms with Crippen molar-refractivity contribution in [2.45, 2.75) is 58.3 Å². The fourth-order valence-corrected chi connectivity index (χ4v) is 5.12. The highest BCUT2D eigenvalue weighted by Crippen LogP contribution is 2.38. The largest absolute Gasteiger partial charge is 0.399 e. The molecule has 4 aromatic carbocycles. The van der Waals surface area contributed by atoms with Crippen molar-refractivity contribution in [2.24, 2.45) is 5.92 Å². The van der Waals surface area contributed by atoms with Gasteiger partial charge < -0.3 is 22.9 Å². The number of benzene rings is 4. The Morgan fingerprint density at radius 3 is 0.974 bits per heavy atom. The van der Waals surface area contributed by atoms with Crippen LogP contribution in [0.25, 0.3) is 0 Å². The van der Waals surface area contributed by atoms with Gasteiger partial charge in [-0.3, -0.25) is 0 Å². The van der Waals surface area contributed by atoms with Gasteiger partial charge in [-0.15, -0.1) is 0 Å². The topological polar surface area (TPSA) is 104 Å². The lowest BCUT2D eigenvalue weighted by Gasteiger charge is -2.28. The Balaban J connectivity index is 0.000000221. The summed E-state index contributed by atoms with van der Waals surface area (Å²) < 4.78 is 0. The van der Waals surface area contributed by atoms with E-state index in [2.05, 4.69) is 69.3 Å². The summed E-state index contributed by atoms with van der Waals surface area (Å²) in [4.78, 5) is 0. The van der Waals surface area contributed by atoms with Crippen LogP contribution in [-0.2, 0) is 0 Å². The van der Waals surface area contributed by atoms with E-state index < -0.39 is 0 Å². The van der Waals surface area contributed by atoms with Gasteiger partial charge in [0.15, 0.2) is 0 Å². The number of hydrogen-bond acceptors (Lipinski definition) is 4. The Morgan fingerprint density at radius 1 is 0.447 bits per heavy atom. The first-order valence-corrected chi connectivity index (χ1v) is 13.7. The van der Waals surface area contributed by atoms with Gasteiger partial charge in [-0.25, -0.2) is 0 Å². The van der Waals surface area contributed by atoms with Gasteiger partial charge in [-0.2, -0.15) is 0 Å². The van der Waals surface area contributed by atoms with Gasteiger partial charge in [-0.1, -0.05) is 82.1 Å². The summed E-state index contributed by atoms with van der Waals surface area (Å²) in [6.07, 6.45) is 4.91. The summed E-state index contributed by atoms with van der Waals surface area (Å²) in [6, 6.07) is 32.7. The molecule has 4 heteroatoms. The minimum atomic E-state index is 0.362. The van der Waals surface area contributed by atoms with Crippen molar-refractivity contribution < 1.29 is 0 Å². The molecule has 4 aromatic rings. The zero-order chi connectivity index (χ0) is 27.5. The van der Waals surface area contributed by atoms with E-state index in [0.717, 1.165) is 22.7 Å². The highest BCUT2D eigenvalue weighted by Gasteiger charge is 2.23. The van der Waals surface area contributed by atoms with Gasteiger partial charge >= 0.3 is 0 Å². The van der Waals surface area contributed by atoms with E-state index in [4.69, 9.17) is 22.9 Å². The average molecular weight is 509 g/mol. The zero-order valence-electron chi connectivity index (χ0n) is 23.1. The molecule has 0 saturated carbocycles. The highest BCUT2D eigenvalue weighted by molar-refractivity contribution is 5.47. The Bertz CT molecular complexity index is 1120. The van der Waals surface area contributed by atoms with Crippen molar-refractivity contribution in [3.8, 4) is 0 Å². The van der Waals surface area contributed by atoms with E-state index in [1.807, 2.05) is 48.5 Å². The average Bonchev–Trinajstić information content (AvgIpc) is 2.92. The third kappa shape index (κ3) is 8.04. The second kappa shape index (κ2) is 14.1. The highest BCUT2D eigenvalue weighted by atomic mass is 14.5. The third-order valence-electron chi connectivity index (χ3n) is 7.25. The van der Waals surface area contributed by atoms with Crippen LogP contribution in [-0.4, -0.2) is 0 Å². The van der Waals surface area contributed by atoms with Crippen molar-refractivity contribution in [3.63, 3.8) is 0 Å². The van der Waals surface area contributed by atoms with Gasteiger partial charge in [0, 0.05) is 34.6 Å². The lowest BCUT2D eigenvalue weighted by Crippen LogP contribution is -2.15. The maximum absolute atomic E-state index is 5.86. The van der Waals surface area contributed by atoms with Gasteiger partial charge in [0.2, 0.25) is 0 Å². The van der Waals surface area contributed by atoms with Crippen LogP contribution in [0.15, 0.2) is 97.1 Å². The molecule has 0 atom stereocenters. The molecule has 0 unspecified atom stereocenters. The van der Waals surface area contributed by atoms with Crippen LogP contribution in [0.1, 0.15) is 80.5 Å². The molecule has 0 aliphatic carbocycles. The molecule has 0 aliphatic heterocycles. The second-order valence-corrected chi connectivity index (χ2v) is 10.2. The zero-order valence-corrected chi connectivity index (χ0v) is 23.1. The van der Waals surface area contributed by atoms with Crippen LogP contribution >= 0.6 is 0 Å². The van der Waals surface area contributed by atoms with Gasteiger partial charge in [0.05, 0.1) is 0 Å². The third-order valence-corrected chi connectivity index (χ3v) is 7.25. The van der Waals surface area contributed by atoms with Gasteiger partial charge in [0.1, 0.15) is 0 Å². The fraction of sp³-hybridized carbons (Fsp3) is 0.294. The molecule has 0 bridgehead atoms. The molecule has 0 aliphatic rings. The Kier molecular flexibility index (Phi) is 10.7. The van der Waals surface area contributed by atoms with Crippen LogP contribution in [0, 0.1) is 5.92 Å². The van der Waals surface area contributed by atoms with Gasteiger partial charge in [0.25, 0.3) is 0 Å². The molecule has 200 valence electrons. The molecule has 0 fully saturated rings. The summed E-state index contributed by atoms with van der Waals surface area (Å²) in [5.74, 6) is 1.43. The summed E-state index contributed by atoms with van der Waals surface area (Å²) in [6.45, 7) is 6.72. The summed E-state index contributed by atoms with van der Waals surface area (Å²) in [5, 5.41) is 0. The normalized spacial score (nSPS) is 11.0. The fourth-order valence-electron chi connectivity index (χ4n) is 5.12. The number of nitrogens with two attached hydrogens (primary N) is 4. The molecule has 0 radical (unpaired) electrons. The van der Waals surface area contributed by atoms with E-state index >= 15 is 0 Å². The maximum Gasteiger partial charge on any atom is 0.0314 e. The predicted octanol–water partition coefficient (Wildman–Crippen LogP) is 8.20. The molecule has 0 spiro atoms. The first kappa shape index (κ1) is 28.6. The second-order valence-electron chi connectivity index (χ2n) is 10.2. The van der Waals surface area contributed by atoms with E-state index in [0.29, 0.717) is 17.8 Å². The van der Waals surface area contributed by atoms with Crippen LogP contribution in [0.4, 0.5) is 22.7 Å². The minimum Gasteiger partial charge on any atom is -0.399 e. The first-order valence-electron chi connectivity index (χ1n) is 13.7. The van der Waals surface area contributed by atoms with Crippen LogP contribution < -0.4 is 22.9 Å². The van der Waals surface area contributed by atoms with E-state index in [1.54, 1.807) is 0 Å². The molecule has 0 amide bonds. The van der Waals surface area contributed by atoms with E-state index in [1.165, 1.54) is 47.9 Å². The Hall–Kier alpha value is -3.92. The van der Waals surface area contributed by atoms with E-state index in [9.17, 15) is 0 Å². The number of rotatable bonds is 9. The monoisotopic (exact) mass is 508 g/mol. The smallest absolute Gasteiger partial charge is 0.0314 e. The Labute approximate surface area is 229 Å². The minimum absolute atomic E-state index is 0.362. The van der Waals surface area contributed by atoms with Gasteiger partial charge in [-0.05, 0) is 89.5 Å². The quantitative estimate of drug-likeness (QED) is 0.171. The van der Waals surface area contributed by atoms with Crippen molar-refractivity contribution in [1.29, 1.82) is 0 Å². The maximum atomic E-state index is 5.86. The molecule has 8 N–H and O–H groups in total. The van der Waals surface area contributed by atoms with Crippen LogP contribution in [0.5, 0.6) is 0 Å². The van der Waals surface area contributed by atoms with Crippen molar-refractivity contribution in [1.82, 2.24) is 0 Å². The lowest BCUT2D eigenvalue weighted by atomic mass is 9.76. The number of nitrogen functional groups attached to an aromatic ring is 4. The summed E-state index contributed by atoms with van der Waals surface area (Å²) >= 11 is 0. The molecule has 4 rings (SSSR count). The lowest BCUT2D eigenvalue weighted by molar-refractivity contribution is 0.396. The van der Waals surface area contributed by atoms with Crippen molar-refractivity contribution in [3.05, 3.63) is 119 Å². The molecular weight excluding hydrogens is 464 g/mol. The van der Waals surface area contributed by atoms with Crippen LogP contribution in [0.2, 0.25) is 0 Å². The number of hydrogen-bond donors (Lipinski definition) is 4. The van der Waals surface area contributed by atoms with Crippen LogP contribution in [0.3, 0.4) is 0 Å². The summed E-state index contributed by atoms with van der Waals surface area (Å²) in [5.41, 5.74) is 31.5.